The predicted octanol–water partition coefficient (Wildman–Crippen LogP) is 2.66. The molecule has 3 N–H and O–H groups in total. The maximum absolute atomic E-state index is 13.8. The Balaban J connectivity index is 2.27. The van der Waals surface area contributed by atoms with E-state index in [0.717, 1.165) is 38.2 Å². The molecule has 20 heavy (non-hydrogen) atoms. The van der Waals surface area contributed by atoms with Crippen molar-refractivity contribution in [2.24, 2.45) is 5.92 Å². The van der Waals surface area contributed by atoms with Crippen molar-refractivity contribution in [3.05, 3.63) is 24.0 Å². The van der Waals surface area contributed by atoms with Crippen LogP contribution in [0.5, 0.6) is 0 Å². The van der Waals surface area contributed by atoms with Gasteiger partial charge in [0.15, 0.2) is 0 Å². The quantitative estimate of drug-likeness (QED) is 0.840. The van der Waals surface area contributed by atoms with Gasteiger partial charge in [-0.15, -0.1) is 0 Å². The van der Waals surface area contributed by atoms with Crippen LogP contribution < -0.4 is 10.5 Å². The molecule has 6 heteroatoms. The number of nitrogen functional groups attached to an aromatic ring is 1. The van der Waals surface area contributed by atoms with E-state index in [4.69, 9.17) is 5.73 Å². The first kappa shape index (κ1) is 15.3. The van der Waals surface area contributed by atoms with Crippen molar-refractivity contribution >= 4 is 15.7 Å². The van der Waals surface area contributed by atoms with Crippen molar-refractivity contribution in [2.75, 3.05) is 5.73 Å². The Morgan fingerprint density at radius 2 is 2.05 bits per heavy atom. The number of benzene rings is 1. The molecule has 0 aliphatic heterocycles. The average Bonchev–Trinajstić information content (AvgIpc) is 2.38. The fourth-order valence-electron chi connectivity index (χ4n) is 2.92. The van der Waals surface area contributed by atoms with Crippen LogP contribution in [0.2, 0.25) is 0 Å². The van der Waals surface area contributed by atoms with Gasteiger partial charge in [-0.3, -0.25) is 0 Å². The Morgan fingerprint density at radius 3 is 2.70 bits per heavy atom. The minimum absolute atomic E-state index is 0.0543. The van der Waals surface area contributed by atoms with E-state index < -0.39 is 20.7 Å². The summed E-state index contributed by atoms with van der Waals surface area (Å²) < 4.78 is 41.2. The third-order valence-corrected chi connectivity index (χ3v) is 5.59. The smallest absolute Gasteiger partial charge is 0.245 e. The molecule has 112 valence electrons. The fraction of sp³-hybridized carbons (Fsp3) is 0.571. The monoisotopic (exact) mass is 300 g/mol. The summed E-state index contributed by atoms with van der Waals surface area (Å²) in [5, 5.41) is 0. The molecule has 1 aromatic carbocycles. The number of rotatable bonds is 4. The van der Waals surface area contributed by atoms with Crippen molar-refractivity contribution in [2.45, 2.75) is 50.0 Å². The SMILES string of the molecule is CCC1CCCCC1NS(=O)(=O)c1c(N)cccc1F. The lowest BCUT2D eigenvalue weighted by atomic mass is 9.83. The Labute approximate surface area is 119 Å². The summed E-state index contributed by atoms with van der Waals surface area (Å²) in [4.78, 5) is -0.430. The van der Waals surface area contributed by atoms with Gasteiger partial charge in [0, 0.05) is 6.04 Å². The number of hydrogen-bond donors (Lipinski definition) is 2. The van der Waals surface area contributed by atoms with Gasteiger partial charge in [0.05, 0.1) is 5.69 Å². The lowest BCUT2D eigenvalue weighted by Gasteiger charge is -2.31. The Kier molecular flexibility index (Phi) is 4.65. The van der Waals surface area contributed by atoms with Gasteiger partial charge in [-0.25, -0.2) is 17.5 Å². The second kappa shape index (κ2) is 6.10. The van der Waals surface area contributed by atoms with Crippen LogP contribution >= 0.6 is 0 Å². The molecule has 0 heterocycles. The van der Waals surface area contributed by atoms with Crippen LogP contribution in [0.3, 0.4) is 0 Å². The number of nitrogens with two attached hydrogens (primary N) is 1. The van der Waals surface area contributed by atoms with Gasteiger partial charge in [-0.1, -0.05) is 32.3 Å². The summed E-state index contributed by atoms with van der Waals surface area (Å²) >= 11 is 0. The molecule has 1 fully saturated rings. The number of anilines is 1. The summed E-state index contributed by atoms with van der Waals surface area (Å²) in [6.07, 6.45) is 4.84. The molecule has 0 aromatic heterocycles. The molecule has 2 unspecified atom stereocenters. The third kappa shape index (κ3) is 3.12. The minimum Gasteiger partial charge on any atom is -0.398 e. The van der Waals surface area contributed by atoms with Crippen LogP contribution in [0.1, 0.15) is 39.0 Å². The highest BCUT2D eigenvalue weighted by Gasteiger charge is 2.30. The van der Waals surface area contributed by atoms with E-state index in [2.05, 4.69) is 11.6 Å². The van der Waals surface area contributed by atoms with Gasteiger partial charge in [-0.05, 0) is 30.9 Å². The molecule has 0 radical (unpaired) electrons. The summed E-state index contributed by atoms with van der Waals surface area (Å²) in [6, 6.07) is 3.79. The van der Waals surface area contributed by atoms with Crippen LogP contribution in [-0.2, 0) is 10.0 Å². The van der Waals surface area contributed by atoms with Crippen LogP contribution in [0, 0.1) is 11.7 Å². The third-order valence-electron chi connectivity index (χ3n) is 4.01. The molecule has 0 spiro atoms. The lowest BCUT2D eigenvalue weighted by molar-refractivity contribution is 0.282. The molecular formula is C14H21FN2O2S. The summed E-state index contributed by atoms with van der Waals surface area (Å²) in [5.41, 5.74) is 5.57. The molecule has 0 amide bonds. The van der Waals surface area contributed by atoms with Crippen LogP contribution in [-0.4, -0.2) is 14.5 Å². The van der Waals surface area contributed by atoms with Crippen molar-refractivity contribution in [3.8, 4) is 0 Å². The molecule has 1 aliphatic carbocycles. The number of nitrogens with one attached hydrogen (secondary N) is 1. The van der Waals surface area contributed by atoms with E-state index in [1.165, 1.54) is 12.1 Å². The first-order chi connectivity index (χ1) is 9.45. The first-order valence-corrected chi connectivity index (χ1v) is 8.50. The van der Waals surface area contributed by atoms with Crippen LogP contribution in [0.4, 0.5) is 10.1 Å². The van der Waals surface area contributed by atoms with Gasteiger partial charge in [0.1, 0.15) is 10.7 Å². The zero-order valence-corrected chi connectivity index (χ0v) is 12.4. The molecule has 2 atom stereocenters. The van der Waals surface area contributed by atoms with E-state index in [9.17, 15) is 12.8 Å². The van der Waals surface area contributed by atoms with E-state index in [-0.39, 0.29) is 11.7 Å². The number of sulfonamides is 1. The lowest BCUT2D eigenvalue weighted by Crippen LogP contribution is -2.42. The molecular weight excluding hydrogens is 279 g/mol. The molecule has 1 aliphatic rings. The zero-order chi connectivity index (χ0) is 14.8. The summed E-state index contributed by atoms with van der Waals surface area (Å²) in [7, 11) is -3.91. The zero-order valence-electron chi connectivity index (χ0n) is 11.6. The largest absolute Gasteiger partial charge is 0.398 e. The van der Waals surface area contributed by atoms with Gasteiger partial charge < -0.3 is 5.73 Å². The van der Waals surface area contributed by atoms with Crippen molar-refractivity contribution in [1.29, 1.82) is 0 Å². The van der Waals surface area contributed by atoms with Crippen LogP contribution in [0.25, 0.3) is 0 Å². The van der Waals surface area contributed by atoms with Crippen LogP contribution in [0.15, 0.2) is 23.1 Å². The maximum atomic E-state index is 13.8. The van der Waals surface area contributed by atoms with Crippen molar-refractivity contribution in [3.63, 3.8) is 0 Å². The minimum atomic E-state index is -3.91. The predicted molar refractivity (Wildman–Crippen MR) is 77.2 cm³/mol. The molecule has 2 rings (SSSR count). The van der Waals surface area contributed by atoms with E-state index in [1.54, 1.807) is 0 Å². The Hall–Kier alpha value is -1.14. The Bertz CT molecular complexity index is 554. The van der Waals surface area contributed by atoms with Crippen molar-refractivity contribution in [1.82, 2.24) is 4.72 Å². The average molecular weight is 300 g/mol. The second-order valence-electron chi connectivity index (χ2n) is 5.34. The van der Waals surface area contributed by atoms with E-state index >= 15 is 0 Å². The fourth-order valence-corrected chi connectivity index (χ4v) is 4.45. The highest BCUT2D eigenvalue weighted by atomic mass is 32.2. The highest BCUT2D eigenvalue weighted by Crippen LogP contribution is 2.29. The van der Waals surface area contributed by atoms with Gasteiger partial charge in [0.25, 0.3) is 0 Å². The molecule has 1 saturated carbocycles. The number of halogens is 1. The summed E-state index contributed by atoms with van der Waals surface area (Å²) in [6.45, 7) is 2.05. The summed E-state index contributed by atoms with van der Waals surface area (Å²) in [5.74, 6) is -0.493. The topological polar surface area (TPSA) is 72.2 Å². The van der Waals surface area contributed by atoms with E-state index in [1.807, 2.05) is 0 Å². The standard InChI is InChI=1S/C14H21FN2O2S/c1-2-10-6-3-4-9-13(10)17-20(18,19)14-11(15)7-5-8-12(14)16/h5,7-8,10,13,17H,2-4,6,9,16H2,1H3. The van der Waals surface area contributed by atoms with Gasteiger partial charge in [0.2, 0.25) is 10.0 Å². The van der Waals surface area contributed by atoms with Gasteiger partial charge in [-0.2, -0.15) is 0 Å². The number of hydrogen-bond acceptors (Lipinski definition) is 3. The first-order valence-electron chi connectivity index (χ1n) is 7.02. The Morgan fingerprint density at radius 1 is 1.35 bits per heavy atom. The van der Waals surface area contributed by atoms with E-state index in [0.29, 0.717) is 5.92 Å². The molecule has 0 bridgehead atoms. The molecule has 1 aromatic rings. The van der Waals surface area contributed by atoms with Crippen molar-refractivity contribution < 1.29 is 12.8 Å². The second-order valence-corrected chi connectivity index (χ2v) is 6.99. The maximum Gasteiger partial charge on any atom is 0.245 e. The normalized spacial score (nSPS) is 23.7. The highest BCUT2D eigenvalue weighted by molar-refractivity contribution is 7.89. The molecule has 0 saturated heterocycles. The van der Waals surface area contributed by atoms with Gasteiger partial charge >= 0.3 is 0 Å². The molecule has 4 nitrogen and oxygen atoms in total.